The van der Waals surface area contributed by atoms with Gasteiger partial charge in [0.1, 0.15) is 17.1 Å². The van der Waals surface area contributed by atoms with Gasteiger partial charge in [0.15, 0.2) is 11.5 Å². The summed E-state index contributed by atoms with van der Waals surface area (Å²) in [5.74, 6) is 1.20. The van der Waals surface area contributed by atoms with E-state index >= 15 is 0 Å². The number of nitrogens with two attached hydrogens (primary N) is 1. The predicted molar refractivity (Wildman–Crippen MR) is 85.5 cm³/mol. The molecule has 9 heteroatoms. The van der Waals surface area contributed by atoms with Crippen LogP contribution < -0.4 is 9.92 Å². The van der Waals surface area contributed by atoms with E-state index in [2.05, 4.69) is 15.0 Å². The van der Waals surface area contributed by atoms with Crippen LogP contribution >= 0.6 is 0 Å². The van der Waals surface area contributed by atoms with Crippen LogP contribution in [-0.4, -0.2) is 34.2 Å². The first-order valence-electron chi connectivity index (χ1n) is 6.75. The Balaban J connectivity index is 1.88. The van der Waals surface area contributed by atoms with E-state index in [-0.39, 0.29) is 5.75 Å². The Bertz CT molecular complexity index is 964. The van der Waals surface area contributed by atoms with Gasteiger partial charge in [0.2, 0.25) is 0 Å². The largest absolute Gasteiger partial charge is 0.383 e. The van der Waals surface area contributed by atoms with Gasteiger partial charge in [-0.3, -0.25) is 0 Å². The number of benzene rings is 1. The number of aromatic nitrogens is 4. The first kappa shape index (κ1) is 15.2. The molecular weight excluding hydrogens is 318 g/mol. The molecule has 2 N–H and O–H groups in total. The highest BCUT2D eigenvalue weighted by molar-refractivity contribution is 7.86. The molecule has 0 aliphatic heterocycles. The maximum Gasteiger partial charge on any atom is 0.306 e. The monoisotopic (exact) mass is 333 g/mol. The van der Waals surface area contributed by atoms with E-state index < -0.39 is 10.1 Å². The number of hydrogen-bond donors (Lipinski definition) is 1. The van der Waals surface area contributed by atoms with Crippen molar-refractivity contribution in [3.05, 3.63) is 42.0 Å². The summed E-state index contributed by atoms with van der Waals surface area (Å²) >= 11 is 0. The molecule has 2 heterocycles. The average Bonchev–Trinajstić information content (AvgIpc) is 2.83. The number of hydrogen-bond acceptors (Lipinski definition) is 7. The Labute approximate surface area is 133 Å². The molecule has 23 heavy (non-hydrogen) atoms. The quantitative estimate of drug-likeness (QED) is 0.711. The van der Waals surface area contributed by atoms with E-state index in [1.165, 1.54) is 0 Å². The van der Waals surface area contributed by atoms with Crippen molar-refractivity contribution in [2.45, 2.75) is 13.5 Å². The molecule has 0 saturated carbocycles. The molecule has 2 aromatic heterocycles. The topological polar surface area (TPSA) is 113 Å². The van der Waals surface area contributed by atoms with Crippen molar-refractivity contribution in [3.63, 3.8) is 0 Å². The Kier molecular flexibility index (Phi) is 3.64. The van der Waals surface area contributed by atoms with Crippen LogP contribution in [0.4, 0.5) is 5.82 Å². The second kappa shape index (κ2) is 5.51. The third kappa shape index (κ3) is 3.39. The SMILES string of the molecule is Cc1nc(N)c2ncn(Cc3ccc(OS(C)(=O)=O)cc3)c2n1. The maximum absolute atomic E-state index is 11.1. The average molecular weight is 333 g/mol. The molecule has 1 aromatic carbocycles. The number of rotatable bonds is 4. The van der Waals surface area contributed by atoms with Crippen LogP contribution in [0.3, 0.4) is 0 Å². The lowest BCUT2D eigenvalue weighted by Crippen LogP contribution is -2.06. The molecule has 0 saturated heterocycles. The molecule has 8 nitrogen and oxygen atoms in total. The van der Waals surface area contributed by atoms with Gasteiger partial charge in [-0.25, -0.2) is 15.0 Å². The minimum Gasteiger partial charge on any atom is -0.383 e. The van der Waals surface area contributed by atoms with Gasteiger partial charge in [0.05, 0.1) is 19.1 Å². The van der Waals surface area contributed by atoms with Gasteiger partial charge >= 0.3 is 10.1 Å². The Morgan fingerprint density at radius 1 is 1.22 bits per heavy atom. The first-order chi connectivity index (χ1) is 10.8. The minimum absolute atomic E-state index is 0.272. The highest BCUT2D eigenvalue weighted by atomic mass is 32.2. The third-order valence-electron chi connectivity index (χ3n) is 3.13. The molecule has 0 aliphatic carbocycles. The lowest BCUT2D eigenvalue weighted by atomic mass is 10.2. The summed E-state index contributed by atoms with van der Waals surface area (Å²) in [5, 5.41) is 0. The molecule has 0 spiro atoms. The lowest BCUT2D eigenvalue weighted by Gasteiger charge is -2.07. The number of imidazole rings is 1. The van der Waals surface area contributed by atoms with Gasteiger partial charge in [-0.1, -0.05) is 12.1 Å². The van der Waals surface area contributed by atoms with Crippen molar-refractivity contribution in [2.24, 2.45) is 0 Å². The summed E-state index contributed by atoms with van der Waals surface area (Å²) in [6.45, 7) is 2.29. The smallest absolute Gasteiger partial charge is 0.306 e. The molecule has 120 valence electrons. The van der Waals surface area contributed by atoms with Crippen molar-refractivity contribution < 1.29 is 12.6 Å². The summed E-state index contributed by atoms with van der Waals surface area (Å²) in [4.78, 5) is 12.7. The van der Waals surface area contributed by atoms with Gasteiger partial charge in [0.25, 0.3) is 0 Å². The van der Waals surface area contributed by atoms with Crippen molar-refractivity contribution in [2.75, 3.05) is 12.0 Å². The normalized spacial score (nSPS) is 11.7. The molecule has 0 aliphatic rings. The van der Waals surface area contributed by atoms with Crippen LogP contribution in [0, 0.1) is 6.92 Å². The number of aryl methyl sites for hydroxylation is 1. The predicted octanol–water partition coefficient (Wildman–Crippen LogP) is 1.10. The molecule has 3 aromatic rings. The molecule has 0 bridgehead atoms. The third-order valence-corrected chi connectivity index (χ3v) is 3.62. The van der Waals surface area contributed by atoms with Crippen molar-refractivity contribution in [1.82, 2.24) is 19.5 Å². The number of anilines is 1. The number of fused-ring (bicyclic) bond motifs is 1. The standard InChI is InChI=1S/C14H15N5O3S/c1-9-17-13(15)12-14(18-9)19(8-16-12)7-10-3-5-11(6-4-10)22-23(2,20)21/h3-6,8H,7H2,1-2H3,(H2,15,17,18). The fourth-order valence-corrected chi connectivity index (χ4v) is 2.68. The van der Waals surface area contributed by atoms with Crippen LogP contribution in [0.25, 0.3) is 11.2 Å². The summed E-state index contributed by atoms with van der Waals surface area (Å²) in [6.07, 6.45) is 2.65. The highest BCUT2D eigenvalue weighted by Crippen LogP contribution is 2.19. The van der Waals surface area contributed by atoms with Crippen LogP contribution in [0.1, 0.15) is 11.4 Å². The molecule has 0 amide bonds. The van der Waals surface area contributed by atoms with Gasteiger partial charge < -0.3 is 14.5 Å². The van der Waals surface area contributed by atoms with E-state index in [4.69, 9.17) is 9.92 Å². The summed E-state index contributed by atoms with van der Waals surface area (Å²) in [7, 11) is -3.52. The fraction of sp³-hybridized carbons (Fsp3) is 0.214. The Morgan fingerprint density at radius 2 is 1.91 bits per heavy atom. The second-order valence-corrected chi connectivity index (χ2v) is 6.71. The van der Waals surface area contributed by atoms with Gasteiger partial charge in [0, 0.05) is 0 Å². The number of nitrogen functional groups attached to an aromatic ring is 1. The van der Waals surface area contributed by atoms with Crippen LogP contribution in [0.15, 0.2) is 30.6 Å². The van der Waals surface area contributed by atoms with E-state index in [1.54, 1.807) is 37.5 Å². The maximum atomic E-state index is 11.1. The summed E-state index contributed by atoms with van der Waals surface area (Å²) in [5.41, 5.74) is 8.01. The Morgan fingerprint density at radius 3 is 2.57 bits per heavy atom. The Hall–Kier alpha value is -2.68. The molecule has 3 rings (SSSR count). The van der Waals surface area contributed by atoms with Crippen LogP contribution in [0.2, 0.25) is 0 Å². The van der Waals surface area contributed by atoms with E-state index in [1.807, 2.05) is 4.57 Å². The first-order valence-corrected chi connectivity index (χ1v) is 8.57. The zero-order valence-electron chi connectivity index (χ0n) is 12.6. The zero-order valence-corrected chi connectivity index (χ0v) is 13.4. The van der Waals surface area contributed by atoms with Crippen molar-refractivity contribution in [1.29, 1.82) is 0 Å². The minimum atomic E-state index is -3.52. The lowest BCUT2D eigenvalue weighted by molar-refractivity contribution is 0.493. The second-order valence-electron chi connectivity index (χ2n) is 5.13. The molecule has 0 atom stereocenters. The van der Waals surface area contributed by atoms with E-state index in [0.717, 1.165) is 11.8 Å². The van der Waals surface area contributed by atoms with Gasteiger partial charge in [-0.15, -0.1) is 0 Å². The van der Waals surface area contributed by atoms with Gasteiger partial charge in [-0.2, -0.15) is 8.42 Å². The molecule has 0 fully saturated rings. The highest BCUT2D eigenvalue weighted by Gasteiger charge is 2.10. The van der Waals surface area contributed by atoms with Crippen LogP contribution in [-0.2, 0) is 16.7 Å². The van der Waals surface area contributed by atoms with Crippen molar-refractivity contribution in [3.8, 4) is 5.75 Å². The molecule has 0 radical (unpaired) electrons. The zero-order chi connectivity index (χ0) is 16.6. The van der Waals surface area contributed by atoms with E-state index in [0.29, 0.717) is 29.4 Å². The molecular formula is C14H15N5O3S. The van der Waals surface area contributed by atoms with Crippen molar-refractivity contribution >= 4 is 27.1 Å². The fourth-order valence-electron chi connectivity index (χ4n) is 2.22. The van der Waals surface area contributed by atoms with E-state index in [9.17, 15) is 8.42 Å². The van der Waals surface area contributed by atoms with Gasteiger partial charge in [-0.05, 0) is 24.6 Å². The summed E-state index contributed by atoms with van der Waals surface area (Å²) in [6, 6.07) is 6.77. The van der Waals surface area contributed by atoms with Crippen LogP contribution in [0.5, 0.6) is 5.75 Å². The summed E-state index contributed by atoms with van der Waals surface area (Å²) < 4.78 is 28.8. The molecule has 0 unspecified atom stereocenters. The number of nitrogens with zero attached hydrogens (tertiary/aromatic N) is 4.